The minimum absolute atomic E-state index is 0.0679. The molecule has 0 amide bonds. The zero-order valence-electron chi connectivity index (χ0n) is 17.7. The lowest BCUT2D eigenvalue weighted by atomic mass is 9.86. The number of nitrogens with zero attached hydrogens (tertiary/aromatic N) is 3. The number of benzene rings is 1. The van der Waals surface area contributed by atoms with E-state index in [4.69, 9.17) is 9.47 Å². The van der Waals surface area contributed by atoms with Gasteiger partial charge in [0.1, 0.15) is 0 Å². The molecule has 3 aromatic rings. The van der Waals surface area contributed by atoms with E-state index < -0.39 is 21.8 Å². The van der Waals surface area contributed by atoms with Crippen LogP contribution < -0.4 is 9.46 Å². The molecule has 3 heterocycles. The van der Waals surface area contributed by atoms with Crippen LogP contribution >= 0.6 is 0 Å². The SMILES string of the molecule is CCCS(=O)(=O)Nc1nc2ccccc2nc1OC(c1cccnc1)C1(F)CCOCC1. The first-order valence-corrected chi connectivity index (χ1v) is 12.2. The van der Waals surface area contributed by atoms with E-state index in [1.54, 1.807) is 49.5 Å². The molecular weight excluding hydrogens is 435 g/mol. The molecular formula is C22H25FN4O4S. The van der Waals surface area contributed by atoms with Crippen LogP contribution in [0.15, 0.2) is 48.8 Å². The first kappa shape index (κ1) is 22.3. The summed E-state index contributed by atoms with van der Waals surface area (Å²) in [7, 11) is -3.67. The fourth-order valence-corrected chi connectivity index (χ4v) is 4.75. The van der Waals surface area contributed by atoms with Crippen LogP contribution in [0.3, 0.4) is 0 Å². The molecule has 1 N–H and O–H groups in total. The third kappa shape index (κ3) is 4.97. The quantitative estimate of drug-likeness (QED) is 0.545. The summed E-state index contributed by atoms with van der Waals surface area (Å²) in [6.07, 6.45) is 2.75. The maximum absolute atomic E-state index is 16.1. The van der Waals surface area contributed by atoms with Crippen molar-refractivity contribution in [3.63, 3.8) is 0 Å². The molecule has 0 aliphatic carbocycles. The molecule has 1 fully saturated rings. The van der Waals surface area contributed by atoms with Gasteiger partial charge in [0.25, 0.3) is 5.88 Å². The molecule has 1 aliphatic rings. The number of ether oxygens (including phenoxy) is 2. The van der Waals surface area contributed by atoms with Crippen molar-refractivity contribution in [3.05, 3.63) is 54.4 Å². The minimum Gasteiger partial charge on any atom is -0.463 e. The Bertz CT molecular complexity index is 1170. The fraction of sp³-hybridized carbons (Fsp3) is 0.409. The van der Waals surface area contributed by atoms with E-state index in [1.165, 1.54) is 6.20 Å². The van der Waals surface area contributed by atoms with Crippen molar-refractivity contribution < 1.29 is 22.3 Å². The van der Waals surface area contributed by atoms with Gasteiger partial charge in [-0.2, -0.15) is 0 Å². The van der Waals surface area contributed by atoms with Crippen LogP contribution in [0.5, 0.6) is 5.88 Å². The zero-order chi connectivity index (χ0) is 22.6. The fourth-order valence-electron chi connectivity index (χ4n) is 3.69. The van der Waals surface area contributed by atoms with Gasteiger partial charge in [0, 0.05) is 44.0 Å². The number of sulfonamides is 1. The van der Waals surface area contributed by atoms with Crippen LogP contribution in [0.25, 0.3) is 11.0 Å². The molecule has 32 heavy (non-hydrogen) atoms. The topological polar surface area (TPSA) is 103 Å². The lowest BCUT2D eigenvalue weighted by molar-refractivity contribution is -0.0742. The van der Waals surface area contributed by atoms with Gasteiger partial charge in [0.15, 0.2) is 11.8 Å². The standard InChI is InChI=1S/C22H25FN4O4S/c1-2-14-32(28,29)27-20-21(26-18-8-4-3-7-17(18)25-20)31-19(16-6-5-11-24-15-16)22(23)9-12-30-13-10-22/h3-8,11,15,19H,2,9-10,12-14H2,1H3,(H,25,27). The third-order valence-electron chi connectivity index (χ3n) is 5.27. The molecule has 1 aromatic carbocycles. The van der Waals surface area contributed by atoms with Gasteiger partial charge in [-0.3, -0.25) is 9.71 Å². The lowest BCUT2D eigenvalue weighted by Crippen LogP contribution is -2.40. The summed E-state index contributed by atoms with van der Waals surface area (Å²) in [4.78, 5) is 13.0. The van der Waals surface area contributed by atoms with Crippen molar-refractivity contribution in [3.8, 4) is 5.88 Å². The second-order valence-electron chi connectivity index (χ2n) is 7.72. The second kappa shape index (κ2) is 9.33. The molecule has 1 aliphatic heterocycles. The minimum atomic E-state index is -3.67. The number of pyridine rings is 1. The van der Waals surface area contributed by atoms with Crippen molar-refractivity contribution in [2.45, 2.75) is 38.0 Å². The molecule has 0 spiro atoms. The average molecular weight is 461 g/mol. The van der Waals surface area contributed by atoms with Gasteiger partial charge in [0.2, 0.25) is 15.8 Å². The van der Waals surface area contributed by atoms with Crippen LogP contribution in [0.4, 0.5) is 10.2 Å². The smallest absolute Gasteiger partial charge is 0.259 e. The third-order valence-corrected chi connectivity index (χ3v) is 6.72. The number of para-hydroxylation sites is 2. The van der Waals surface area contributed by atoms with E-state index in [0.29, 0.717) is 23.0 Å². The molecule has 1 saturated heterocycles. The van der Waals surface area contributed by atoms with Crippen molar-refractivity contribution in [2.24, 2.45) is 0 Å². The summed E-state index contributed by atoms with van der Waals surface area (Å²) < 4.78 is 55.0. The van der Waals surface area contributed by atoms with Crippen LogP contribution in [-0.4, -0.2) is 48.0 Å². The first-order chi connectivity index (χ1) is 15.4. The van der Waals surface area contributed by atoms with Crippen LogP contribution in [0, 0.1) is 0 Å². The van der Waals surface area contributed by atoms with Crippen molar-refractivity contribution in [1.29, 1.82) is 0 Å². The number of hydrogen-bond donors (Lipinski definition) is 1. The van der Waals surface area contributed by atoms with Gasteiger partial charge >= 0.3 is 0 Å². The number of halogens is 1. The van der Waals surface area contributed by atoms with Gasteiger partial charge in [-0.05, 0) is 24.6 Å². The van der Waals surface area contributed by atoms with Crippen molar-refractivity contribution >= 4 is 26.9 Å². The monoisotopic (exact) mass is 460 g/mol. The number of fused-ring (bicyclic) bond motifs is 1. The van der Waals surface area contributed by atoms with E-state index in [2.05, 4.69) is 19.7 Å². The molecule has 8 nitrogen and oxygen atoms in total. The Hall–Kier alpha value is -2.85. The normalized spacial score (nSPS) is 17.1. The highest BCUT2D eigenvalue weighted by atomic mass is 32.2. The number of hydrogen-bond acceptors (Lipinski definition) is 7. The zero-order valence-corrected chi connectivity index (χ0v) is 18.5. The van der Waals surface area contributed by atoms with Crippen LogP contribution in [0.2, 0.25) is 0 Å². The summed E-state index contributed by atoms with van der Waals surface area (Å²) in [6.45, 7) is 2.28. The van der Waals surface area contributed by atoms with E-state index in [1.807, 2.05) is 0 Å². The maximum Gasteiger partial charge on any atom is 0.259 e. The molecule has 4 rings (SSSR count). The van der Waals surface area contributed by atoms with Gasteiger partial charge in [-0.15, -0.1) is 0 Å². The predicted molar refractivity (Wildman–Crippen MR) is 119 cm³/mol. The first-order valence-electron chi connectivity index (χ1n) is 10.5. The largest absolute Gasteiger partial charge is 0.463 e. The highest BCUT2D eigenvalue weighted by molar-refractivity contribution is 7.92. The molecule has 0 saturated carbocycles. The Morgan fingerprint density at radius 1 is 1.16 bits per heavy atom. The van der Waals surface area contributed by atoms with Crippen molar-refractivity contribution in [1.82, 2.24) is 15.0 Å². The van der Waals surface area contributed by atoms with Crippen LogP contribution in [0.1, 0.15) is 37.9 Å². The number of aromatic nitrogens is 3. The maximum atomic E-state index is 16.1. The summed E-state index contributed by atoms with van der Waals surface area (Å²) in [6, 6.07) is 10.4. The molecule has 1 unspecified atom stereocenters. The Morgan fingerprint density at radius 3 is 2.53 bits per heavy atom. The van der Waals surface area contributed by atoms with E-state index in [9.17, 15) is 8.42 Å². The number of nitrogens with one attached hydrogen (secondary N) is 1. The number of anilines is 1. The number of alkyl halides is 1. The Labute approximate surface area is 186 Å². The second-order valence-corrected chi connectivity index (χ2v) is 9.56. The molecule has 170 valence electrons. The molecule has 1 atom stereocenters. The Morgan fingerprint density at radius 2 is 1.88 bits per heavy atom. The molecule has 0 radical (unpaired) electrons. The van der Waals surface area contributed by atoms with Gasteiger partial charge < -0.3 is 9.47 Å². The highest BCUT2D eigenvalue weighted by Crippen LogP contribution is 2.42. The molecule has 10 heteroatoms. The van der Waals surface area contributed by atoms with E-state index in [-0.39, 0.29) is 43.5 Å². The average Bonchev–Trinajstić information content (AvgIpc) is 2.78. The van der Waals surface area contributed by atoms with Gasteiger partial charge in [-0.1, -0.05) is 25.1 Å². The van der Waals surface area contributed by atoms with Gasteiger partial charge in [-0.25, -0.2) is 22.8 Å². The van der Waals surface area contributed by atoms with E-state index >= 15 is 4.39 Å². The molecule has 0 bridgehead atoms. The van der Waals surface area contributed by atoms with Gasteiger partial charge in [0.05, 0.1) is 16.8 Å². The Balaban J connectivity index is 1.79. The summed E-state index contributed by atoms with van der Waals surface area (Å²) in [5.74, 6) is -0.236. The summed E-state index contributed by atoms with van der Waals surface area (Å²) in [5.41, 5.74) is -0.221. The lowest BCUT2D eigenvalue weighted by Gasteiger charge is -2.36. The van der Waals surface area contributed by atoms with Crippen molar-refractivity contribution in [2.75, 3.05) is 23.7 Å². The number of rotatable bonds is 8. The van der Waals surface area contributed by atoms with E-state index in [0.717, 1.165) is 0 Å². The summed E-state index contributed by atoms with van der Waals surface area (Å²) >= 11 is 0. The van der Waals surface area contributed by atoms with Crippen LogP contribution in [-0.2, 0) is 14.8 Å². The summed E-state index contributed by atoms with van der Waals surface area (Å²) in [5, 5.41) is 0. The highest BCUT2D eigenvalue weighted by Gasteiger charge is 2.44. The molecule has 2 aromatic heterocycles. The Kier molecular flexibility index (Phi) is 6.52. The predicted octanol–water partition coefficient (Wildman–Crippen LogP) is 3.82.